The Morgan fingerprint density at radius 3 is 3.00 bits per heavy atom. The molecule has 5 rings (SSSR count). The van der Waals surface area contributed by atoms with Crippen molar-refractivity contribution in [2.75, 3.05) is 13.1 Å². The molecular weight excluding hydrogens is 362 g/mol. The Morgan fingerprint density at radius 1 is 1.25 bits per heavy atom. The van der Waals surface area contributed by atoms with Gasteiger partial charge >= 0.3 is 0 Å². The van der Waals surface area contributed by atoms with Crippen molar-refractivity contribution in [2.24, 2.45) is 0 Å². The topological polar surface area (TPSA) is 111 Å². The lowest BCUT2D eigenvalue weighted by Gasteiger charge is -2.34. The highest BCUT2D eigenvalue weighted by atomic mass is 16.5. The largest absolute Gasteiger partial charge is 0.363 e. The molecule has 0 bridgehead atoms. The van der Waals surface area contributed by atoms with Crippen LogP contribution in [0.25, 0.3) is 0 Å². The van der Waals surface area contributed by atoms with Gasteiger partial charge in [-0.1, -0.05) is 6.07 Å². The lowest BCUT2D eigenvalue weighted by atomic mass is 10.0. The second-order valence-electron chi connectivity index (χ2n) is 7.20. The summed E-state index contributed by atoms with van der Waals surface area (Å²) in [6, 6.07) is 6.46. The fourth-order valence-electron chi connectivity index (χ4n) is 3.88. The summed E-state index contributed by atoms with van der Waals surface area (Å²) < 4.78 is 10.0. The van der Waals surface area contributed by atoms with Crippen molar-refractivity contribution in [2.45, 2.75) is 31.7 Å². The van der Waals surface area contributed by atoms with Crippen LogP contribution in [0.1, 0.15) is 28.6 Å². The molecule has 3 aromatic heterocycles. The van der Waals surface area contributed by atoms with Gasteiger partial charge in [0.15, 0.2) is 11.6 Å². The predicted molar refractivity (Wildman–Crippen MR) is 96.5 cm³/mol. The van der Waals surface area contributed by atoms with Gasteiger partial charge < -0.3 is 19.2 Å². The molecule has 2 aliphatic heterocycles. The molecule has 0 aliphatic carbocycles. The van der Waals surface area contributed by atoms with Gasteiger partial charge in [-0.2, -0.15) is 5.10 Å². The molecule has 3 aromatic rings. The number of carbonyl (C=O) groups excluding carboxylic acids is 1. The second-order valence-corrected chi connectivity index (χ2v) is 7.20. The first kappa shape index (κ1) is 16.9. The molecule has 1 N–H and O–H groups in total. The first-order chi connectivity index (χ1) is 13.6. The maximum atomic E-state index is 12.8. The minimum Gasteiger partial charge on any atom is -0.363 e. The van der Waals surface area contributed by atoms with E-state index in [0.717, 1.165) is 11.6 Å². The number of rotatable bonds is 3. The molecule has 1 amide bonds. The third-order valence-corrected chi connectivity index (χ3v) is 5.32. The smallest absolute Gasteiger partial charge is 0.270 e. The third-order valence-electron chi connectivity index (χ3n) is 5.32. The fraction of sp³-hybridized carbons (Fsp3) is 0.389. The summed E-state index contributed by atoms with van der Waals surface area (Å²) in [6.45, 7) is 2.50. The first-order valence-electron chi connectivity index (χ1n) is 9.13. The molecule has 28 heavy (non-hydrogen) atoms. The third kappa shape index (κ3) is 2.91. The number of likely N-dealkylation sites (tertiary alicyclic amines) is 1. The number of nitrogens with one attached hydrogen (secondary N) is 1. The average molecular weight is 381 g/mol. The van der Waals surface area contributed by atoms with Crippen molar-refractivity contribution in [3.63, 3.8) is 0 Å². The van der Waals surface area contributed by atoms with Crippen LogP contribution >= 0.6 is 0 Å². The van der Waals surface area contributed by atoms with E-state index in [1.807, 2.05) is 12.3 Å². The van der Waals surface area contributed by atoms with Crippen LogP contribution in [0.15, 0.2) is 41.5 Å². The van der Waals surface area contributed by atoms with Crippen LogP contribution in [-0.2, 0) is 24.4 Å². The zero-order valence-electron chi connectivity index (χ0n) is 15.1. The van der Waals surface area contributed by atoms with Gasteiger partial charge in [0.05, 0.1) is 13.1 Å². The summed E-state index contributed by atoms with van der Waals surface area (Å²) >= 11 is 0. The van der Waals surface area contributed by atoms with Gasteiger partial charge in [0.1, 0.15) is 24.4 Å². The van der Waals surface area contributed by atoms with Gasteiger partial charge in [0.2, 0.25) is 5.56 Å². The van der Waals surface area contributed by atoms with E-state index in [9.17, 15) is 9.59 Å². The molecule has 1 spiro atoms. The van der Waals surface area contributed by atoms with Gasteiger partial charge in [-0.05, 0) is 18.6 Å². The van der Waals surface area contributed by atoms with Crippen molar-refractivity contribution in [1.29, 1.82) is 0 Å². The van der Waals surface area contributed by atoms with Gasteiger partial charge in [-0.25, -0.2) is 0 Å². The Kier molecular flexibility index (Phi) is 3.86. The summed E-state index contributed by atoms with van der Waals surface area (Å²) in [5, 5.41) is 12.7. The molecule has 2 aliphatic rings. The molecule has 0 saturated carbocycles. The molecule has 1 atom stereocenters. The van der Waals surface area contributed by atoms with Crippen molar-refractivity contribution in [1.82, 2.24) is 34.4 Å². The van der Waals surface area contributed by atoms with E-state index < -0.39 is 5.60 Å². The number of aromatic amines is 1. The Labute approximate surface area is 159 Å². The zero-order chi connectivity index (χ0) is 19.1. The Bertz CT molecular complexity index is 1070. The SMILES string of the molecule is O=C(c1cccc(=O)[nH]1)N1CCC2(C1)Cn1c(nnc1Cn1cccn1)CO2. The highest BCUT2D eigenvalue weighted by Gasteiger charge is 2.45. The quantitative estimate of drug-likeness (QED) is 0.685. The Hall–Kier alpha value is -3.27. The number of hydrogen-bond acceptors (Lipinski definition) is 6. The maximum Gasteiger partial charge on any atom is 0.270 e. The highest BCUT2D eigenvalue weighted by Crippen LogP contribution is 2.33. The van der Waals surface area contributed by atoms with Crippen LogP contribution in [-0.4, -0.2) is 59.0 Å². The molecule has 10 nitrogen and oxygen atoms in total. The standard InChI is InChI=1S/C18H19N7O3/c26-16-4-1-3-13(20-16)17(27)23-8-5-18(11-23)12-25-14(9-24-7-2-6-19-24)21-22-15(25)10-28-18/h1-4,6-7H,5,8-12H2,(H,20,26). The van der Waals surface area contributed by atoms with E-state index >= 15 is 0 Å². The van der Waals surface area contributed by atoms with Gasteiger partial charge in [-0.3, -0.25) is 14.3 Å². The minimum atomic E-state index is -0.473. The van der Waals surface area contributed by atoms with Crippen LogP contribution in [0.2, 0.25) is 0 Å². The maximum absolute atomic E-state index is 12.8. The molecule has 5 heterocycles. The van der Waals surface area contributed by atoms with Crippen LogP contribution in [0.4, 0.5) is 0 Å². The van der Waals surface area contributed by atoms with Crippen molar-refractivity contribution >= 4 is 5.91 Å². The number of carbonyl (C=O) groups is 1. The number of aromatic nitrogens is 6. The summed E-state index contributed by atoms with van der Waals surface area (Å²) in [4.78, 5) is 28.6. The summed E-state index contributed by atoms with van der Waals surface area (Å²) in [6.07, 6.45) is 4.33. The molecule has 10 heteroatoms. The van der Waals surface area contributed by atoms with Crippen molar-refractivity contribution in [3.05, 3.63) is 64.4 Å². The number of nitrogens with zero attached hydrogens (tertiary/aromatic N) is 6. The summed E-state index contributed by atoms with van der Waals surface area (Å²) in [7, 11) is 0. The molecular formula is C18H19N7O3. The number of hydrogen-bond donors (Lipinski definition) is 1. The molecule has 1 unspecified atom stereocenters. The van der Waals surface area contributed by atoms with E-state index in [-0.39, 0.29) is 11.5 Å². The minimum absolute atomic E-state index is 0.190. The number of fused-ring (bicyclic) bond motifs is 1. The molecule has 1 fully saturated rings. The summed E-state index contributed by atoms with van der Waals surface area (Å²) in [5.74, 6) is 1.41. The number of pyridine rings is 1. The number of H-pyrrole nitrogens is 1. The Morgan fingerprint density at radius 2 is 2.18 bits per heavy atom. The van der Waals surface area contributed by atoms with Crippen molar-refractivity contribution < 1.29 is 9.53 Å². The molecule has 144 valence electrons. The van der Waals surface area contributed by atoms with Crippen LogP contribution in [0.3, 0.4) is 0 Å². The lowest BCUT2D eigenvalue weighted by molar-refractivity contribution is -0.0815. The van der Waals surface area contributed by atoms with E-state index in [4.69, 9.17) is 4.74 Å². The lowest BCUT2D eigenvalue weighted by Crippen LogP contribution is -2.45. The number of ether oxygens (including phenoxy) is 1. The second kappa shape index (κ2) is 6.41. The zero-order valence-corrected chi connectivity index (χ0v) is 15.1. The average Bonchev–Trinajstić information content (AvgIpc) is 3.44. The van der Waals surface area contributed by atoms with Crippen LogP contribution in [0.5, 0.6) is 0 Å². The van der Waals surface area contributed by atoms with E-state index in [1.54, 1.807) is 27.9 Å². The monoisotopic (exact) mass is 381 g/mol. The first-order valence-corrected chi connectivity index (χ1v) is 9.13. The van der Waals surface area contributed by atoms with E-state index in [1.165, 1.54) is 6.07 Å². The van der Waals surface area contributed by atoms with Gasteiger partial charge in [0.25, 0.3) is 5.91 Å². The normalized spacial score (nSPS) is 21.2. The van der Waals surface area contributed by atoms with Crippen LogP contribution < -0.4 is 5.56 Å². The molecule has 0 radical (unpaired) electrons. The molecule has 1 saturated heterocycles. The van der Waals surface area contributed by atoms with Crippen molar-refractivity contribution in [3.8, 4) is 0 Å². The van der Waals surface area contributed by atoms with Gasteiger partial charge in [0, 0.05) is 25.0 Å². The van der Waals surface area contributed by atoms with Crippen LogP contribution in [0, 0.1) is 0 Å². The molecule has 0 aromatic carbocycles. The Balaban J connectivity index is 1.35. The summed E-state index contributed by atoms with van der Waals surface area (Å²) in [5.41, 5.74) is -0.463. The predicted octanol–water partition coefficient (Wildman–Crippen LogP) is 0.0263. The fourth-order valence-corrected chi connectivity index (χ4v) is 3.88. The van der Waals surface area contributed by atoms with E-state index in [0.29, 0.717) is 44.9 Å². The van der Waals surface area contributed by atoms with Gasteiger partial charge in [-0.15, -0.1) is 10.2 Å². The number of amides is 1. The highest BCUT2D eigenvalue weighted by molar-refractivity contribution is 5.92. The van der Waals surface area contributed by atoms with E-state index in [2.05, 4.69) is 24.8 Å².